The number of hydrogen-bond acceptors (Lipinski definition) is 6. The number of alkyl halides is 1. The Bertz CT molecular complexity index is 646. The normalized spacial score (nSPS) is 13.1. The summed E-state index contributed by atoms with van der Waals surface area (Å²) in [6.07, 6.45) is 0.656. The Kier molecular flexibility index (Phi) is 10.3. The maximum Gasteiger partial charge on any atom is 0.320 e. The van der Waals surface area contributed by atoms with Crippen LogP contribution < -0.4 is 4.74 Å². The molecule has 0 aromatic heterocycles. The van der Waals surface area contributed by atoms with Gasteiger partial charge in [-0.05, 0) is 72.6 Å². The van der Waals surface area contributed by atoms with Gasteiger partial charge in [0.1, 0.15) is 17.0 Å². The molecule has 0 aliphatic rings. The van der Waals surface area contributed by atoms with Crippen LogP contribution in [-0.4, -0.2) is 59.1 Å². The number of esters is 2. The highest BCUT2D eigenvalue weighted by molar-refractivity contribution is 9.09. The SMILES string of the molecule is CCOc1ccc(CC(CBr)N(CC(=O)OC(C)(C)C)CC(=O)OC(C)(C)C)cc1. The highest BCUT2D eigenvalue weighted by atomic mass is 79.9. The Balaban J connectivity index is 2.96. The Labute approximate surface area is 189 Å². The molecule has 1 atom stereocenters. The van der Waals surface area contributed by atoms with Crippen LogP contribution in [0.5, 0.6) is 5.75 Å². The largest absolute Gasteiger partial charge is 0.494 e. The average molecular weight is 486 g/mol. The standard InChI is InChI=1S/C23H36BrNO5/c1-8-28-19-11-9-17(10-12-19)13-18(14-24)25(15-20(26)29-22(2,3)4)16-21(27)30-23(5,6)7/h9-12,18H,8,13-16H2,1-7H3. The van der Waals surface area contributed by atoms with Gasteiger partial charge in [-0.25, -0.2) is 0 Å². The summed E-state index contributed by atoms with van der Waals surface area (Å²) in [5.41, 5.74) is -0.0947. The number of hydrogen-bond donors (Lipinski definition) is 0. The molecule has 0 aliphatic carbocycles. The van der Waals surface area contributed by atoms with E-state index in [1.165, 1.54) is 0 Å². The van der Waals surface area contributed by atoms with E-state index in [1.54, 1.807) is 0 Å². The predicted octanol–water partition coefficient (Wildman–Crippen LogP) is 4.38. The predicted molar refractivity (Wildman–Crippen MR) is 122 cm³/mol. The van der Waals surface area contributed by atoms with Crippen molar-refractivity contribution in [3.8, 4) is 5.75 Å². The molecular formula is C23H36BrNO5. The fourth-order valence-electron chi connectivity index (χ4n) is 2.84. The second kappa shape index (κ2) is 11.7. The van der Waals surface area contributed by atoms with Crippen LogP contribution in [-0.2, 0) is 25.5 Å². The minimum atomic E-state index is -0.590. The number of carbonyl (C=O) groups excluding carboxylic acids is 2. The monoisotopic (exact) mass is 485 g/mol. The number of halogens is 1. The highest BCUT2D eigenvalue weighted by Crippen LogP contribution is 2.18. The molecule has 0 fully saturated rings. The van der Waals surface area contributed by atoms with E-state index < -0.39 is 11.2 Å². The van der Waals surface area contributed by atoms with Gasteiger partial charge in [0.15, 0.2) is 0 Å². The summed E-state index contributed by atoms with van der Waals surface area (Å²) in [6, 6.07) is 7.76. The second-order valence-corrected chi connectivity index (χ2v) is 9.81. The van der Waals surface area contributed by atoms with Gasteiger partial charge in [-0.1, -0.05) is 28.1 Å². The first kappa shape index (κ1) is 26.4. The van der Waals surface area contributed by atoms with Crippen molar-refractivity contribution in [3.05, 3.63) is 29.8 Å². The molecule has 0 radical (unpaired) electrons. The molecule has 1 rings (SSSR count). The van der Waals surface area contributed by atoms with E-state index in [4.69, 9.17) is 14.2 Å². The molecule has 1 aromatic rings. The summed E-state index contributed by atoms with van der Waals surface area (Å²) < 4.78 is 16.4. The Morgan fingerprint density at radius 3 is 1.77 bits per heavy atom. The molecule has 0 N–H and O–H groups in total. The Morgan fingerprint density at radius 2 is 1.40 bits per heavy atom. The van der Waals surface area contributed by atoms with Gasteiger partial charge < -0.3 is 14.2 Å². The molecule has 0 bridgehead atoms. The zero-order valence-corrected chi connectivity index (χ0v) is 20.9. The van der Waals surface area contributed by atoms with Crippen LogP contribution in [0.4, 0.5) is 0 Å². The van der Waals surface area contributed by atoms with Crippen LogP contribution >= 0.6 is 15.9 Å². The fraction of sp³-hybridized carbons (Fsp3) is 0.652. The first-order valence-corrected chi connectivity index (χ1v) is 11.4. The van der Waals surface area contributed by atoms with Crippen LogP contribution in [0.25, 0.3) is 0 Å². The van der Waals surface area contributed by atoms with E-state index in [0.29, 0.717) is 18.4 Å². The number of carbonyl (C=O) groups is 2. The van der Waals surface area contributed by atoms with Gasteiger partial charge in [-0.2, -0.15) is 0 Å². The molecule has 170 valence electrons. The van der Waals surface area contributed by atoms with Crippen LogP contribution in [0.3, 0.4) is 0 Å². The molecular weight excluding hydrogens is 450 g/mol. The topological polar surface area (TPSA) is 65.1 Å². The lowest BCUT2D eigenvalue weighted by atomic mass is 10.1. The van der Waals surface area contributed by atoms with Crippen molar-refractivity contribution in [2.45, 2.75) is 72.1 Å². The smallest absolute Gasteiger partial charge is 0.320 e. The quantitative estimate of drug-likeness (QED) is 0.362. The lowest BCUT2D eigenvalue weighted by molar-refractivity contribution is -0.160. The van der Waals surface area contributed by atoms with E-state index in [0.717, 1.165) is 11.3 Å². The Morgan fingerprint density at radius 1 is 0.933 bits per heavy atom. The number of rotatable bonds is 10. The number of nitrogens with zero attached hydrogens (tertiary/aromatic N) is 1. The molecule has 6 nitrogen and oxygen atoms in total. The maximum atomic E-state index is 12.5. The van der Waals surface area contributed by atoms with E-state index in [1.807, 2.05) is 77.6 Å². The molecule has 7 heteroatoms. The molecule has 0 amide bonds. The minimum absolute atomic E-state index is 0.00378. The molecule has 0 aliphatic heterocycles. The van der Waals surface area contributed by atoms with Crippen LogP contribution in [0.1, 0.15) is 54.0 Å². The summed E-state index contributed by atoms with van der Waals surface area (Å²) in [5, 5.41) is 0.589. The van der Waals surface area contributed by atoms with Crippen molar-refractivity contribution in [3.63, 3.8) is 0 Å². The molecule has 0 heterocycles. The van der Waals surface area contributed by atoms with Crippen LogP contribution in [0, 0.1) is 0 Å². The van der Waals surface area contributed by atoms with Crippen molar-refractivity contribution in [2.75, 3.05) is 25.0 Å². The fourth-order valence-corrected chi connectivity index (χ4v) is 3.47. The summed E-state index contributed by atoms with van der Waals surface area (Å²) in [5.74, 6) is 0.0726. The van der Waals surface area contributed by atoms with E-state index in [9.17, 15) is 9.59 Å². The van der Waals surface area contributed by atoms with Crippen molar-refractivity contribution < 1.29 is 23.8 Å². The summed E-state index contributed by atoms with van der Waals surface area (Å²) >= 11 is 3.55. The first-order valence-electron chi connectivity index (χ1n) is 10.3. The minimum Gasteiger partial charge on any atom is -0.494 e. The zero-order chi connectivity index (χ0) is 22.9. The molecule has 0 spiro atoms. The van der Waals surface area contributed by atoms with Gasteiger partial charge in [0, 0.05) is 11.4 Å². The first-order chi connectivity index (χ1) is 13.8. The van der Waals surface area contributed by atoms with Crippen molar-refractivity contribution in [1.29, 1.82) is 0 Å². The zero-order valence-electron chi connectivity index (χ0n) is 19.3. The lowest BCUT2D eigenvalue weighted by Gasteiger charge is -2.31. The van der Waals surface area contributed by atoms with Crippen molar-refractivity contribution >= 4 is 27.9 Å². The molecule has 0 saturated carbocycles. The highest BCUT2D eigenvalue weighted by Gasteiger charge is 2.28. The van der Waals surface area contributed by atoms with Gasteiger partial charge in [0.2, 0.25) is 0 Å². The van der Waals surface area contributed by atoms with Gasteiger partial charge in [-0.15, -0.1) is 0 Å². The van der Waals surface area contributed by atoms with Crippen LogP contribution in [0.2, 0.25) is 0 Å². The summed E-state index contributed by atoms with van der Waals surface area (Å²) in [6.45, 7) is 13.5. The third kappa shape index (κ3) is 11.0. The average Bonchev–Trinajstić information content (AvgIpc) is 2.57. The second-order valence-electron chi connectivity index (χ2n) is 9.17. The number of benzene rings is 1. The third-order valence-electron chi connectivity index (χ3n) is 3.90. The third-order valence-corrected chi connectivity index (χ3v) is 4.65. The van der Waals surface area contributed by atoms with Crippen molar-refractivity contribution in [1.82, 2.24) is 4.90 Å². The molecule has 1 aromatic carbocycles. The lowest BCUT2D eigenvalue weighted by Crippen LogP contribution is -2.47. The van der Waals surface area contributed by atoms with Gasteiger partial charge >= 0.3 is 11.9 Å². The number of ether oxygens (including phenoxy) is 3. The van der Waals surface area contributed by atoms with Crippen LogP contribution in [0.15, 0.2) is 24.3 Å². The van der Waals surface area contributed by atoms with E-state index in [2.05, 4.69) is 15.9 Å². The summed E-state index contributed by atoms with van der Waals surface area (Å²) in [4.78, 5) is 26.8. The maximum absolute atomic E-state index is 12.5. The van der Waals surface area contributed by atoms with Gasteiger partial charge in [-0.3, -0.25) is 14.5 Å². The molecule has 30 heavy (non-hydrogen) atoms. The molecule has 1 unspecified atom stereocenters. The van der Waals surface area contributed by atoms with E-state index >= 15 is 0 Å². The summed E-state index contributed by atoms with van der Waals surface area (Å²) in [7, 11) is 0. The van der Waals surface area contributed by atoms with Crippen molar-refractivity contribution in [2.24, 2.45) is 0 Å². The van der Waals surface area contributed by atoms with E-state index in [-0.39, 0.29) is 31.1 Å². The van der Waals surface area contributed by atoms with Gasteiger partial charge in [0.05, 0.1) is 19.7 Å². The van der Waals surface area contributed by atoms with Gasteiger partial charge in [0.25, 0.3) is 0 Å². The Hall–Kier alpha value is -1.60. The molecule has 0 saturated heterocycles.